The van der Waals surface area contributed by atoms with Gasteiger partial charge in [-0.25, -0.2) is 4.79 Å². The summed E-state index contributed by atoms with van der Waals surface area (Å²) in [6.07, 6.45) is 3.38. The van der Waals surface area contributed by atoms with E-state index in [2.05, 4.69) is 5.32 Å². The van der Waals surface area contributed by atoms with Gasteiger partial charge in [0.25, 0.3) is 0 Å². The van der Waals surface area contributed by atoms with Crippen molar-refractivity contribution in [3.05, 3.63) is 0 Å². The van der Waals surface area contributed by atoms with Crippen LogP contribution < -0.4 is 5.32 Å². The van der Waals surface area contributed by atoms with Crippen molar-refractivity contribution in [2.45, 2.75) is 57.7 Å². The third-order valence-corrected chi connectivity index (χ3v) is 3.83. The average molecular weight is 284 g/mol. The largest absolute Gasteiger partial charge is 0.444 e. The Morgan fingerprint density at radius 3 is 2.60 bits per heavy atom. The van der Waals surface area contributed by atoms with Gasteiger partial charge in [-0.1, -0.05) is 0 Å². The molecule has 1 aliphatic carbocycles. The highest BCUT2D eigenvalue weighted by Gasteiger charge is 2.35. The highest BCUT2D eigenvalue weighted by Crippen LogP contribution is 2.33. The van der Waals surface area contributed by atoms with Gasteiger partial charge in [0.1, 0.15) is 5.60 Å². The molecule has 0 aromatic heterocycles. The summed E-state index contributed by atoms with van der Waals surface area (Å²) in [5.74, 6) is 0.755. The number of hydrogen-bond acceptors (Lipinski definition) is 4. The molecule has 0 radical (unpaired) electrons. The van der Waals surface area contributed by atoms with Crippen molar-refractivity contribution in [2.24, 2.45) is 5.92 Å². The Hall–Kier alpha value is -0.810. The second kappa shape index (κ2) is 6.31. The van der Waals surface area contributed by atoms with Crippen LogP contribution in [0.5, 0.6) is 0 Å². The number of carbonyl (C=O) groups excluding carboxylic acids is 1. The highest BCUT2D eigenvalue weighted by molar-refractivity contribution is 5.68. The summed E-state index contributed by atoms with van der Waals surface area (Å²) in [4.78, 5) is 13.8. The number of carbonyl (C=O) groups is 1. The maximum atomic E-state index is 12.0. The molecule has 1 amide bonds. The smallest absolute Gasteiger partial charge is 0.410 e. The quantitative estimate of drug-likeness (QED) is 0.839. The minimum absolute atomic E-state index is 0.198. The van der Waals surface area contributed by atoms with Crippen LogP contribution in [0.15, 0.2) is 0 Å². The molecule has 0 spiro atoms. The summed E-state index contributed by atoms with van der Waals surface area (Å²) >= 11 is 0. The van der Waals surface area contributed by atoms with Crippen LogP contribution >= 0.6 is 0 Å². The van der Waals surface area contributed by atoms with Crippen LogP contribution in [0.1, 0.15) is 40.0 Å². The second-order valence-electron chi connectivity index (χ2n) is 6.98. The molecule has 0 aromatic carbocycles. The molecular weight excluding hydrogens is 256 g/mol. The zero-order valence-corrected chi connectivity index (χ0v) is 13.1. The van der Waals surface area contributed by atoms with Crippen molar-refractivity contribution in [1.29, 1.82) is 0 Å². The molecule has 1 aliphatic heterocycles. The summed E-state index contributed by atoms with van der Waals surface area (Å²) in [6.45, 7) is 7.97. The van der Waals surface area contributed by atoms with E-state index < -0.39 is 5.60 Å². The summed E-state index contributed by atoms with van der Waals surface area (Å²) in [6, 6.07) is 0.798. The number of rotatable bonds is 5. The Morgan fingerprint density at radius 2 is 2.05 bits per heavy atom. The van der Waals surface area contributed by atoms with E-state index in [0.29, 0.717) is 12.1 Å². The molecule has 5 nitrogen and oxygen atoms in total. The molecule has 2 fully saturated rings. The molecule has 116 valence electrons. The van der Waals surface area contributed by atoms with Gasteiger partial charge in [0, 0.05) is 32.3 Å². The fraction of sp³-hybridized carbons (Fsp3) is 0.933. The van der Waals surface area contributed by atoms with Gasteiger partial charge in [-0.05, 0) is 46.0 Å². The summed E-state index contributed by atoms with van der Waals surface area (Å²) < 4.78 is 10.7. The van der Waals surface area contributed by atoms with Crippen molar-refractivity contribution in [3.63, 3.8) is 0 Å². The number of nitrogens with zero attached hydrogens (tertiary/aromatic N) is 1. The van der Waals surface area contributed by atoms with Gasteiger partial charge in [0.05, 0.1) is 6.61 Å². The predicted octanol–water partition coefficient (Wildman–Crippen LogP) is 2.01. The fourth-order valence-electron chi connectivity index (χ4n) is 2.69. The van der Waals surface area contributed by atoms with E-state index in [1.165, 1.54) is 12.8 Å². The molecule has 1 N–H and O–H groups in total. The number of nitrogens with one attached hydrogen (secondary N) is 1. The molecule has 2 rings (SSSR count). The molecule has 2 aliphatic rings. The third-order valence-electron chi connectivity index (χ3n) is 3.83. The first-order chi connectivity index (χ1) is 9.39. The Labute approximate surface area is 122 Å². The van der Waals surface area contributed by atoms with E-state index >= 15 is 0 Å². The lowest BCUT2D eigenvalue weighted by atomic mass is 10.1. The second-order valence-corrected chi connectivity index (χ2v) is 6.98. The summed E-state index contributed by atoms with van der Waals surface area (Å²) in [5.41, 5.74) is -0.421. The molecule has 0 aromatic rings. The molecule has 5 heteroatoms. The summed E-state index contributed by atoms with van der Waals surface area (Å²) in [7, 11) is 1.75. The van der Waals surface area contributed by atoms with Crippen LogP contribution in [0.25, 0.3) is 0 Å². The van der Waals surface area contributed by atoms with Crippen LogP contribution in [0, 0.1) is 5.92 Å². The average Bonchev–Trinajstić information content (AvgIpc) is 3.07. The molecule has 20 heavy (non-hydrogen) atoms. The molecule has 2 unspecified atom stereocenters. The number of ether oxygens (including phenoxy) is 2. The van der Waals surface area contributed by atoms with E-state index in [9.17, 15) is 4.79 Å². The molecule has 1 heterocycles. The van der Waals surface area contributed by atoms with Crippen molar-refractivity contribution in [2.75, 3.05) is 26.8 Å². The number of hydrogen-bond donors (Lipinski definition) is 1. The maximum Gasteiger partial charge on any atom is 0.410 e. The van der Waals surface area contributed by atoms with E-state index in [4.69, 9.17) is 9.47 Å². The normalized spacial score (nSPS) is 24.8. The van der Waals surface area contributed by atoms with E-state index in [0.717, 1.165) is 32.0 Å². The van der Waals surface area contributed by atoms with Crippen LogP contribution in [0.2, 0.25) is 0 Å². The van der Waals surface area contributed by atoms with Crippen molar-refractivity contribution in [1.82, 2.24) is 10.2 Å². The zero-order chi connectivity index (χ0) is 14.8. The lowest BCUT2D eigenvalue weighted by Crippen LogP contribution is -2.44. The van der Waals surface area contributed by atoms with Gasteiger partial charge in [0.15, 0.2) is 0 Å². The Bertz CT molecular complexity index is 337. The minimum atomic E-state index is -0.421. The van der Waals surface area contributed by atoms with Gasteiger partial charge in [-0.15, -0.1) is 0 Å². The van der Waals surface area contributed by atoms with Gasteiger partial charge >= 0.3 is 6.09 Å². The SMILES string of the molecule is COCC(NC1CCN(C(=O)OC(C)(C)C)C1)C1CC1. The first kappa shape index (κ1) is 15.6. The van der Waals surface area contributed by atoms with Gasteiger partial charge < -0.3 is 19.7 Å². The van der Waals surface area contributed by atoms with E-state index in [-0.39, 0.29) is 6.09 Å². The lowest BCUT2D eigenvalue weighted by molar-refractivity contribution is 0.0289. The van der Waals surface area contributed by atoms with Gasteiger partial charge in [-0.3, -0.25) is 0 Å². The zero-order valence-electron chi connectivity index (χ0n) is 13.1. The van der Waals surface area contributed by atoms with E-state index in [1.807, 2.05) is 20.8 Å². The molecule has 0 bridgehead atoms. The third kappa shape index (κ3) is 4.63. The standard InChI is InChI=1S/C15H28N2O3/c1-15(2,3)20-14(18)17-8-7-12(9-17)16-13(10-19-4)11-5-6-11/h11-13,16H,5-10H2,1-4H3. The molecule has 2 atom stereocenters. The van der Waals surface area contributed by atoms with Crippen LogP contribution in [-0.4, -0.2) is 55.5 Å². The number of likely N-dealkylation sites (tertiary alicyclic amines) is 1. The Balaban J connectivity index is 1.78. The fourth-order valence-corrected chi connectivity index (χ4v) is 2.69. The highest BCUT2D eigenvalue weighted by atomic mass is 16.6. The van der Waals surface area contributed by atoms with E-state index in [1.54, 1.807) is 12.0 Å². The minimum Gasteiger partial charge on any atom is -0.444 e. The summed E-state index contributed by atoms with van der Waals surface area (Å²) in [5, 5.41) is 3.65. The van der Waals surface area contributed by atoms with Crippen molar-refractivity contribution >= 4 is 6.09 Å². The van der Waals surface area contributed by atoms with Crippen molar-refractivity contribution < 1.29 is 14.3 Å². The first-order valence-corrected chi connectivity index (χ1v) is 7.62. The first-order valence-electron chi connectivity index (χ1n) is 7.62. The van der Waals surface area contributed by atoms with Crippen LogP contribution in [0.3, 0.4) is 0 Å². The monoisotopic (exact) mass is 284 g/mol. The van der Waals surface area contributed by atoms with Crippen LogP contribution in [-0.2, 0) is 9.47 Å². The number of amides is 1. The number of methoxy groups -OCH3 is 1. The predicted molar refractivity (Wildman–Crippen MR) is 77.7 cm³/mol. The van der Waals surface area contributed by atoms with Crippen LogP contribution in [0.4, 0.5) is 4.79 Å². The van der Waals surface area contributed by atoms with Crippen molar-refractivity contribution in [3.8, 4) is 0 Å². The molecule has 1 saturated heterocycles. The Morgan fingerprint density at radius 1 is 1.35 bits per heavy atom. The Kier molecular flexibility index (Phi) is 4.91. The topological polar surface area (TPSA) is 50.8 Å². The maximum absolute atomic E-state index is 12.0. The van der Waals surface area contributed by atoms with Gasteiger partial charge in [-0.2, -0.15) is 0 Å². The molecule has 1 saturated carbocycles. The lowest BCUT2D eigenvalue weighted by Gasteiger charge is -2.25. The molecular formula is C15H28N2O3. The van der Waals surface area contributed by atoms with Gasteiger partial charge in [0.2, 0.25) is 0 Å².